The molecule has 0 saturated carbocycles. The standard InChI is InChI=1S/C19H24N4O3/c1-14(17-10-13-26-21-17)22(2)19(25)20-16-8-6-15(7-9-16)18(24)23-11-4-3-5-12-23/h6-10,13-14H,3-5,11-12H2,1-2H3,(H,20,25)/t14-/m0/s1. The third-order valence-corrected chi connectivity index (χ3v) is 4.81. The number of urea groups is 1. The molecule has 1 fully saturated rings. The van der Waals surface area contributed by atoms with Gasteiger partial charge in [0.1, 0.15) is 12.0 Å². The van der Waals surface area contributed by atoms with E-state index in [2.05, 4.69) is 10.5 Å². The molecule has 1 aromatic carbocycles. The van der Waals surface area contributed by atoms with Crippen molar-refractivity contribution in [2.24, 2.45) is 0 Å². The molecule has 3 rings (SSSR count). The average Bonchev–Trinajstić information content (AvgIpc) is 3.22. The van der Waals surface area contributed by atoms with Crippen molar-refractivity contribution in [3.8, 4) is 0 Å². The Morgan fingerprint density at radius 3 is 2.46 bits per heavy atom. The van der Waals surface area contributed by atoms with E-state index in [1.807, 2.05) is 11.8 Å². The van der Waals surface area contributed by atoms with Crippen molar-refractivity contribution in [2.45, 2.75) is 32.2 Å². The maximum absolute atomic E-state index is 12.5. The van der Waals surface area contributed by atoms with Crippen molar-refractivity contribution in [2.75, 3.05) is 25.5 Å². The molecule has 0 bridgehead atoms. The minimum absolute atomic E-state index is 0.0550. The van der Waals surface area contributed by atoms with Gasteiger partial charge >= 0.3 is 6.03 Å². The van der Waals surface area contributed by atoms with Crippen LogP contribution in [0.4, 0.5) is 10.5 Å². The number of nitrogens with one attached hydrogen (secondary N) is 1. The van der Waals surface area contributed by atoms with E-state index in [1.54, 1.807) is 42.3 Å². The van der Waals surface area contributed by atoms with Crippen LogP contribution in [0, 0.1) is 0 Å². The van der Waals surface area contributed by atoms with Crippen molar-refractivity contribution in [1.82, 2.24) is 15.0 Å². The number of benzene rings is 1. The van der Waals surface area contributed by atoms with Crippen LogP contribution in [0.3, 0.4) is 0 Å². The minimum atomic E-state index is -0.254. The number of likely N-dealkylation sites (tertiary alicyclic amines) is 1. The Bertz CT molecular complexity index is 737. The zero-order valence-electron chi connectivity index (χ0n) is 15.1. The van der Waals surface area contributed by atoms with Gasteiger partial charge in [-0.25, -0.2) is 4.79 Å². The molecule has 1 saturated heterocycles. The second-order valence-electron chi connectivity index (χ2n) is 6.57. The van der Waals surface area contributed by atoms with E-state index in [1.165, 1.54) is 12.7 Å². The molecule has 1 N–H and O–H groups in total. The Balaban J connectivity index is 1.59. The monoisotopic (exact) mass is 356 g/mol. The predicted octanol–water partition coefficient (Wildman–Crippen LogP) is 3.53. The van der Waals surface area contributed by atoms with Crippen LogP contribution in [-0.2, 0) is 0 Å². The number of carbonyl (C=O) groups is 2. The normalized spacial score (nSPS) is 15.4. The van der Waals surface area contributed by atoms with Gasteiger partial charge in [-0.1, -0.05) is 5.16 Å². The van der Waals surface area contributed by atoms with Crippen LogP contribution in [0.5, 0.6) is 0 Å². The fraction of sp³-hybridized carbons (Fsp3) is 0.421. The van der Waals surface area contributed by atoms with Gasteiger partial charge in [-0.05, 0) is 50.5 Å². The first kappa shape index (κ1) is 18.0. The highest BCUT2D eigenvalue weighted by atomic mass is 16.5. The predicted molar refractivity (Wildman–Crippen MR) is 97.9 cm³/mol. The first-order valence-electron chi connectivity index (χ1n) is 8.89. The Labute approximate surface area is 152 Å². The van der Waals surface area contributed by atoms with Crippen LogP contribution in [0.2, 0.25) is 0 Å². The lowest BCUT2D eigenvalue weighted by molar-refractivity contribution is 0.0724. The summed E-state index contributed by atoms with van der Waals surface area (Å²) in [4.78, 5) is 28.3. The molecule has 138 valence electrons. The molecule has 1 aliphatic rings. The van der Waals surface area contributed by atoms with Crippen molar-refractivity contribution < 1.29 is 14.1 Å². The Morgan fingerprint density at radius 2 is 1.85 bits per heavy atom. The number of piperidine rings is 1. The molecule has 0 unspecified atom stereocenters. The molecular weight excluding hydrogens is 332 g/mol. The summed E-state index contributed by atoms with van der Waals surface area (Å²) >= 11 is 0. The lowest BCUT2D eigenvalue weighted by atomic mass is 10.1. The number of aromatic nitrogens is 1. The number of amides is 3. The lowest BCUT2D eigenvalue weighted by Gasteiger charge is -2.27. The number of hydrogen-bond acceptors (Lipinski definition) is 4. The van der Waals surface area contributed by atoms with Gasteiger partial charge in [0.25, 0.3) is 5.91 Å². The summed E-state index contributed by atoms with van der Waals surface area (Å²) in [7, 11) is 1.70. The molecule has 3 amide bonds. The van der Waals surface area contributed by atoms with Crippen LogP contribution >= 0.6 is 0 Å². The summed E-state index contributed by atoms with van der Waals surface area (Å²) in [5.74, 6) is 0.0550. The van der Waals surface area contributed by atoms with Gasteiger partial charge in [0, 0.05) is 37.5 Å². The maximum Gasteiger partial charge on any atom is 0.322 e. The number of hydrogen-bond donors (Lipinski definition) is 1. The van der Waals surface area contributed by atoms with Crippen LogP contribution < -0.4 is 5.32 Å². The highest BCUT2D eigenvalue weighted by Gasteiger charge is 2.20. The fourth-order valence-electron chi connectivity index (χ4n) is 3.00. The summed E-state index contributed by atoms with van der Waals surface area (Å²) < 4.78 is 4.83. The minimum Gasteiger partial charge on any atom is -0.364 e. The van der Waals surface area contributed by atoms with Crippen LogP contribution in [0.1, 0.15) is 48.3 Å². The summed E-state index contributed by atoms with van der Waals surface area (Å²) in [6.45, 7) is 3.52. The topological polar surface area (TPSA) is 78.7 Å². The SMILES string of the molecule is C[C@@H](c1ccon1)N(C)C(=O)Nc1ccc(C(=O)N2CCCCC2)cc1. The lowest BCUT2D eigenvalue weighted by Crippen LogP contribution is -2.35. The molecule has 7 heteroatoms. The van der Waals surface area contributed by atoms with Gasteiger partial charge in [-0.2, -0.15) is 0 Å². The van der Waals surface area contributed by atoms with Crippen molar-refractivity contribution in [3.63, 3.8) is 0 Å². The Hall–Kier alpha value is -2.83. The molecule has 0 aliphatic carbocycles. The van der Waals surface area contributed by atoms with Crippen LogP contribution in [0.15, 0.2) is 41.1 Å². The molecule has 0 spiro atoms. The highest BCUT2D eigenvalue weighted by Crippen LogP contribution is 2.19. The molecule has 1 aliphatic heterocycles. The van der Waals surface area contributed by atoms with E-state index in [4.69, 9.17) is 4.52 Å². The maximum atomic E-state index is 12.5. The van der Waals surface area contributed by atoms with E-state index >= 15 is 0 Å². The Kier molecular flexibility index (Phi) is 5.55. The number of carbonyl (C=O) groups excluding carboxylic acids is 2. The first-order valence-corrected chi connectivity index (χ1v) is 8.89. The smallest absolute Gasteiger partial charge is 0.322 e. The van der Waals surface area contributed by atoms with Gasteiger partial charge in [0.05, 0.1) is 6.04 Å². The van der Waals surface area contributed by atoms with E-state index < -0.39 is 0 Å². The molecule has 1 aromatic heterocycles. The average molecular weight is 356 g/mol. The van der Waals surface area contributed by atoms with E-state index in [9.17, 15) is 9.59 Å². The van der Waals surface area contributed by atoms with E-state index in [-0.39, 0.29) is 18.0 Å². The van der Waals surface area contributed by atoms with E-state index in [0.717, 1.165) is 25.9 Å². The summed E-state index contributed by atoms with van der Waals surface area (Å²) in [5, 5.41) is 6.70. The fourth-order valence-corrected chi connectivity index (χ4v) is 3.00. The first-order chi connectivity index (χ1) is 12.6. The van der Waals surface area contributed by atoms with Gasteiger partial charge < -0.3 is 19.6 Å². The van der Waals surface area contributed by atoms with Gasteiger partial charge in [0.15, 0.2) is 0 Å². The molecular formula is C19H24N4O3. The van der Waals surface area contributed by atoms with Crippen molar-refractivity contribution in [3.05, 3.63) is 47.9 Å². The summed E-state index contributed by atoms with van der Waals surface area (Å²) in [5.41, 5.74) is 1.98. The molecule has 0 radical (unpaired) electrons. The zero-order valence-corrected chi connectivity index (χ0v) is 15.1. The number of nitrogens with zero attached hydrogens (tertiary/aromatic N) is 3. The second kappa shape index (κ2) is 8.03. The van der Waals surface area contributed by atoms with Crippen molar-refractivity contribution >= 4 is 17.6 Å². The third kappa shape index (κ3) is 4.04. The molecule has 7 nitrogen and oxygen atoms in total. The molecule has 2 heterocycles. The van der Waals surface area contributed by atoms with Crippen LogP contribution in [0.25, 0.3) is 0 Å². The van der Waals surface area contributed by atoms with Gasteiger partial charge in [-0.15, -0.1) is 0 Å². The third-order valence-electron chi connectivity index (χ3n) is 4.81. The molecule has 1 atom stereocenters. The quantitative estimate of drug-likeness (QED) is 0.909. The van der Waals surface area contributed by atoms with Gasteiger partial charge in [0.2, 0.25) is 0 Å². The number of rotatable bonds is 4. The van der Waals surface area contributed by atoms with E-state index in [0.29, 0.717) is 16.9 Å². The van der Waals surface area contributed by atoms with Crippen LogP contribution in [-0.4, -0.2) is 47.0 Å². The zero-order chi connectivity index (χ0) is 18.5. The number of anilines is 1. The van der Waals surface area contributed by atoms with Crippen molar-refractivity contribution in [1.29, 1.82) is 0 Å². The summed E-state index contributed by atoms with van der Waals surface area (Å²) in [6, 6.07) is 8.29. The largest absolute Gasteiger partial charge is 0.364 e. The molecule has 26 heavy (non-hydrogen) atoms. The Morgan fingerprint density at radius 1 is 1.15 bits per heavy atom. The second-order valence-corrected chi connectivity index (χ2v) is 6.57. The molecule has 2 aromatic rings. The highest BCUT2D eigenvalue weighted by molar-refractivity contribution is 5.95. The summed E-state index contributed by atoms with van der Waals surface area (Å²) in [6.07, 6.45) is 4.80. The van der Waals surface area contributed by atoms with Gasteiger partial charge in [-0.3, -0.25) is 4.79 Å².